The number of nitrogens with zero attached hydrogens (tertiary/aromatic N) is 1. The summed E-state index contributed by atoms with van der Waals surface area (Å²) in [5.74, 6) is -1.18. The molecule has 2 N–H and O–H groups in total. The molecule has 0 saturated carbocycles. The number of fused-ring (bicyclic) bond motifs is 2. The van der Waals surface area contributed by atoms with Crippen LogP contribution in [0.15, 0.2) is 59.7 Å². The van der Waals surface area contributed by atoms with Crippen molar-refractivity contribution in [3.63, 3.8) is 0 Å². The minimum Gasteiger partial charge on any atom is -0.348 e. The summed E-state index contributed by atoms with van der Waals surface area (Å²) in [5.41, 5.74) is 3.21. The first-order valence-electron chi connectivity index (χ1n) is 8.58. The Hall–Kier alpha value is -3.21. The summed E-state index contributed by atoms with van der Waals surface area (Å²) in [5, 5.41) is 10.8. The van der Waals surface area contributed by atoms with Crippen molar-refractivity contribution in [1.82, 2.24) is 10.7 Å². The second-order valence-electron chi connectivity index (χ2n) is 6.54. The summed E-state index contributed by atoms with van der Waals surface area (Å²) >= 11 is 0. The quantitative estimate of drug-likeness (QED) is 0.329. The first-order valence-corrected chi connectivity index (χ1v) is 8.58. The predicted molar refractivity (Wildman–Crippen MR) is 105 cm³/mol. The Labute approximate surface area is 152 Å². The van der Waals surface area contributed by atoms with E-state index in [1.165, 1.54) is 0 Å². The topological polar surface area (TPSA) is 70.6 Å². The Kier molecular flexibility index (Phi) is 5.27. The minimum atomic E-state index is -0.772. The van der Waals surface area contributed by atoms with E-state index in [2.05, 4.69) is 21.9 Å². The van der Waals surface area contributed by atoms with Crippen LogP contribution in [0.5, 0.6) is 0 Å². The van der Waals surface area contributed by atoms with Gasteiger partial charge >= 0.3 is 11.8 Å². The van der Waals surface area contributed by atoms with Crippen LogP contribution in [-0.4, -0.2) is 24.6 Å². The lowest BCUT2D eigenvalue weighted by Gasteiger charge is -2.08. The van der Waals surface area contributed by atoms with Crippen LogP contribution >= 0.6 is 0 Å². The number of benzene rings is 3. The van der Waals surface area contributed by atoms with Gasteiger partial charge in [-0.2, -0.15) is 5.10 Å². The maximum absolute atomic E-state index is 11.8. The number of carbonyl (C=O) groups excluding carboxylic acids is 2. The fourth-order valence-corrected chi connectivity index (χ4v) is 2.77. The van der Waals surface area contributed by atoms with E-state index < -0.39 is 11.8 Å². The van der Waals surface area contributed by atoms with Gasteiger partial charge in [-0.3, -0.25) is 9.59 Å². The van der Waals surface area contributed by atoms with E-state index >= 15 is 0 Å². The second kappa shape index (κ2) is 7.78. The molecule has 0 bridgehead atoms. The third-order valence-corrected chi connectivity index (χ3v) is 4.05. The molecule has 3 aromatic rings. The second-order valence-corrected chi connectivity index (χ2v) is 6.54. The average molecular weight is 347 g/mol. The zero-order valence-electron chi connectivity index (χ0n) is 14.8. The zero-order valence-corrected chi connectivity index (χ0v) is 14.8. The summed E-state index contributed by atoms with van der Waals surface area (Å²) in [6.07, 6.45) is 1.60. The smallest absolute Gasteiger partial charge is 0.329 e. The molecule has 3 rings (SSSR count). The highest BCUT2D eigenvalue weighted by molar-refractivity contribution is 6.35. The summed E-state index contributed by atoms with van der Waals surface area (Å²) in [6.45, 7) is 4.37. The minimum absolute atomic E-state index is 0.275. The Morgan fingerprint density at radius 2 is 1.54 bits per heavy atom. The van der Waals surface area contributed by atoms with E-state index in [-0.39, 0.29) is 5.92 Å². The highest BCUT2D eigenvalue weighted by Crippen LogP contribution is 2.27. The summed E-state index contributed by atoms with van der Waals surface area (Å²) in [7, 11) is 0. The molecule has 5 nitrogen and oxygen atoms in total. The van der Waals surface area contributed by atoms with Gasteiger partial charge in [-0.25, -0.2) is 5.43 Å². The molecule has 0 aliphatic heterocycles. The molecule has 0 heterocycles. The van der Waals surface area contributed by atoms with Crippen molar-refractivity contribution in [2.75, 3.05) is 6.54 Å². The lowest BCUT2D eigenvalue weighted by Crippen LogP contribution is -2.39. The Balaban J connectivity index is 1.86. The predicted octanol–water partition coefficient (Wildman–Crippen LogP) is 3.22. The van der Waals surface area contributed by atoms with E-state index in [1.54, 1.807) is 6.21 Å². The van der Waals surface area contributed by atoms with Crippen molar-refractivity contribution in [2.45, 2.75) is 13.8 Å². The maximum Gasteiger partial charge on any atom is 0.329 e. The van der Waals surface area contributed by atoms with Crippen LogP contribution in [0.2, 0.25) is 0 Å². The Morgan fingerprint density at radius 1 is 0.962 bits per heavy atom. The molecule has 0 fully saturated rings. The number of carbonyl (C=O) groups is 2. The molecule has 0 aromatic heterocycles. The molecule has 0 aliphatic carbocycles. The molecule has 26 heavy (non-hydrogen) atoms. The number of hydrazone groups is 1. The van der Waals surface area contributed by atoms with Gasteiger partial charge in [-0.05, 0) is 33.5 Å². The van der Waals surface area contributed by atoms with Crippen LogP contribution in [0.1, 0.15) is 19.4 Å². The molecule has 2 amide bonds. The van der Waals surface area contributed by atoms with Gasteiger partial charge in [-0.1, -0.05) is 62.4 Å². The van der Waals surface area contributed by atoms with Crippen molar-refractivity contribution in [3.8, 4) is 0 Å². The fourth-order valence-electron chi connectivity index (χ4n) is 2.77. The van der Waals surface area contributed by atoms with Crippen molar-refractivity contribution in [3.05, 3.63) is 60.2 Å². The van der Waals surface area contributed by atoms with Gasteiger partial charge in [-0.15, -0.1) is 0 Å². The van der Waals surface area contributed by atoms with Crippen LogP contribution < -0.4 is 10.7 Å². The van der Waals surface area contributed by atoms with Gasteiger partial charge in [0.15, 0.2) is 0 Å². The highest BCUT2D eigenvalue weighted by Gasteiger charge is 2.12. The normalized spacial score (nSPS) is 11.3. The van der Waals surface area contributed by atoms with Gasteiger partial charge in [0.2, 0.25) is 0 Å². The summed E-state index contributed by atoms with van der Waals surface area (Å²) in [4.78, 5) is 23.6. The standard InChI is InChI=1S/C21H21N3O2/c1-14(2)12-22-20(25)21(26)24-23-13-19-17-9-5-3-7-15(17)11-16-8-4-6-10-18(16)19/h3-11,13-14H,12H2,1-2H3,(H,22,25)(H,24,26)/b23-13+. The average Bonchev–Trinajstić information content (AvgIpc) is 2.65. The molecule has 0 atom stereocenters. The van der Waals surface area contributed by atoms with E-state index in [9.17, 15) is 9.59 Å². The van der Waals surface area contributed by atoms with Gasteiger partial charge < -0.3 is 5.32 Å². The molecule has 132 valence electrons. The molecule has 0 aliphatic rings. The van der Waals surface area contributed by atoms with Crippen LogP contribution in [0.25, 0.3) is 21.5 Å². The van der Waals surface area contributed by atoms with Crippen LogP contribution in [0.3, 0.4) is 0 Å². The number of hydrogen-bond acceptors (Lipinski definition) is 3. The lowest BCUT2D eigenvalue weighted by molar-refractivity contribution is -0.139. The molecule has 0 spiro atoms. The van der Waals surface area contributed by atoms with E-state index in [0.717, 1.165) is 27.1 Å². The molecular formula is C21H21N3O2. The summed E-state index contributed by atoms with van der Waals surface area (Å²) in [6, 6.07) is 18.1. The first-order chi connectivity index (χ1) is 12.6. The van der Waals surface area contributed by atoms with E-state index in [4.69, 9.17) is 0 Å². The fraction of sp³-hybridized carbons (Fsp3) is 0.190. The first kappa shape index (κ1) is 17.6. The number of rotatable bonds is 4. The lowest BCUT2D eigenvalue weighted by atomic mass is 9.97. The SMILES string of the molecule is CC(C)CNC(=O)C(=O)N/N=C/c1c2ccccc2cc2ccccc12. The van der Waals surface area contributed by atoms with E-state index in [0.29, 0.717) is 6.54 Å². The van der Waals surface area contributed by atoms with Crippen LogP contribution in [0.4, 0.5) is 0 Å². The van der Waals surface area contributed by atoms with E-state index in [1.807, 2.05) is 62.4 Å². The number of amides is 2. The molecular weight excluding hydrogens is 326 g/mol. The monoisotopic (exact) mass is 347 g/mol. The van der Waals surface area contributed by atoms with Crippen LogP contribution in [-0.2, 0) is 9.59 Å². The third-order valence-electron chi connectivity index (χ3n) is 4.05. The van der Waals surface area contributed by atoms with Crippen molar-refractivity contribution in [1.29, 1.82) is 0 Å². The van der Waals surface area contributed by atoms with Gasteiger partial charge in [0.05, 0.1) is 6.21 Å². The summed E-state index contributed by atoms with van der Waals surface area (Å²) < 4.78 is 0. The largest absolute Gasteiger partial charge is 0.348 e. The van der Waals surface area contributed by atoms with Crippen molar-refractivity contribution < 1.29 is 9.59 Å². The Bertz CT molecular complexity index is 939. The molecule has 0 unspecified atom stereocenters. The Morgan fingerprint density at radius 3 is 2.12 bits per heavy atom. The zero-order chi connectivity index (χ0) is 18.5. The third kappa shape index (κ3) is 3.88. The molecule has 5 heteroatoms. The number of nitrogens with one attached hydrogen (secondary N) is 2. The highest BCUT2D eigenvalue weighted by atomic mass is 16.2. The van der Waals surface area contributed by atoms with Crippen LogP contribution in [0, 0.1) is 5.92 Å². The maximum atomic E-state index is 11.8. The van der Waals surface area contributed by atoms with Crippen molar-refractivity contribution in [2.24, 2.45) is 11.0 Å². The number of hydrogen-bond donors (Lipinski definition) is 2. The molecule has 3 aromatic carbocycles. The van der Waals surface area contributed by atoms with Gasteiger partial charge in [0.1, 0.15) is 0 Å². The molecule has 0 saturated heterocycles. The van der Waals surface area contributed by atoms with Gasteiger partial charge in [0, 0.05) is 12.1 Å². The van der Waals surface area contributed by atoms with Crippen molar-refractivity contribution >= 4 is 39.6 Å². The van der Waals surface area contributed by atoms with Gasteiger partial charge in [0.25, 0.3) is 0 Å². The molecule has 0 radical (unpaired) electrons.